The normalized spacial score (nSPS) is 24.5. The summed E-state index contributed by atoms with van der Waals surface area (Å²) in [6.45, 7) is 1.63. The third kappa shape index (κ3) is 3.09. The van der Waals surface area contributed by atoms with Gasteiger partial charge < -0.3 is 16.0 Å². The summed E-state index contributed by atoms with van der Waals surface area (Å²) in [5, 5.41) is 5.06. The van der Waals surface area contributed by atoms with Crippen molar-refractivity contribution >= 4 is 34.5 Å². The molecular formula is C20H23N3O2S. The van der Waals surface area contributed by atoms with E-state index >= 15 is 0 Å². The van der Waals surface area contributed by atoms with Gasteiger partial charge in [-0.15, -0.1) is 11.3 Å². The standard InChI is InChI=1S/C20H23N3O2S/c1-12(24)23-15-5-6-16(23)10-14(9-15)20(25)22-18-11-13(4-7-17(18)21)19-3-2-8-26-19/h2-4,7-8,11,14-16H,5-6,9-10,21H2,1H3,(H,22,25). The van der Waals surface area contributed by atoms with E-state index in [4.69, 9.17) is 5.73 Å². The van der Waals surface area contributed by atoms with Crippen LogP contribution in [0.4, 0.5) is 11.4 Å². The maximum Gasteiger partial charge on any atom is 0.227 e. The highest BCUT2D eigenvalue weighted by Crippen LogP contribution is 2.39. The van der Waals surface area contributed by atoms with Crippen molar-refractivity contribution in [1.82, 2.24) is 4.90 Å². The number of carbonyl (C=O) groups excluding carboxylic acids is 2. The van der Waals surface area contributed by atoms with E-state index < -0.39 is 0 Å². The lowest BCUT2D eigenvalue weighted by Crippen LogP contribution is -2.47. The number of rotatable bonds is 3. The van der Waals surface area contributed by atoms with Crippen molar-refractivity contribution in [3.05, 3.63) is 35.7 Å². The van der Waals surface area contributed by atoms with E-state index in [0.29, 0.717) is 11.4 Å². The number of carbonyl (C=O) groups is 2. The first-order chi connectivity index (χ1) is 12.5. The minimum absolute atomic E-state index is 0.0140. The van der Waals surface area contributed by atoms with Crippen molar-refractivity contribution in [2.24, 2.45) is 5.92 Å². The lowest BCUT2D eigenvalue weighted by molar-refractivity contribution is -0.136. The quantitative estimate of drug-likeness (QED) is 0.810. The molecule has 0 saturated carbocycles. The zero-order chi connectivity index (χ0) is 18.3. The van der Waals surface area contributed by atoms with Crippen LogP contribution in [0.15, 0.2) is 35.7 Å². The van der Waals surface area contributed by atoms with Gasteiger partial charge in [0.2, 0.25) is 11.8 Å². The molecule has 2 unspecified atom stereocenters. The molecular weight excluding hydrogens is 346 g/mol. The van der Waals surface area contributed by atoms with Crippen LogP contribution < -0.4 is 11.1 Å². The number of anilines is 2. The molecule has 3 N–H and O–H groups in total. The van der Waals surface area contributed by atoms with Crippen LogP contribution in [-0.2, 0) is 9.59 Å². The molecule has 2 fully saturated rings. The second-order valence-electron chi connectivity index (χ2n) is 7.25. The summed E-state index contributed by atoms with van der Waals surface area (Å²) in [4.78, 5) is 27.8. The molecule has 2 atom stereocenters. The molecule has 136 valence electrons. The number of hydrogen-bond donors (Lipinski definition) is 2. The molecule has 2 amide bonds. The van der Waals surface area contributed by atoms with Crippen LogP contribution in [0.2, 0.25) is 0 Å². The van der Waals surface area contributed by atoms with E-state index in [1.165, 1.54) is 0 Å². The number of nitrogens with zero attached hydrogens (tertiary/aromatic N) is 1. The van der Waals surface area contributed by atoms with Gasteiger partial charge in [-0.1, -0.05) is 12.1 Å². The molecule has 2 bridgehead atoms. The van der Waals surface area contributed by atoms with Crippen molar-refractivity contribution in [1.29, 1.82) is 0 Å². The van der Waals surface area contributed by atoms with Gasteiger partial charge in [-0.3, -0.25) is 9.59 Å². The number of benzene rings is 1. The summed E-state index contributed by atoms with van der Waals surface area (Å²) in [5.74, 6) is 0.0808. The Labute approximate surface area is 157 Å². The molecule has 0 radical (unpaired) electrons. The average Bonchev–Trinajstić information content (AvgIpc) is 3.23. The first-order valence-electron chi connectivity index (χ1n) is 9.06. The highest BCUT2D eigenvalue weighted by atomic mass is 32.1. The number of thiophene rings is 1. The van der Waals surface area contributed by atoms with Crippen molar-refractivity contribution < 1.29 is 9.59 Å². The molecule has 2 saturated heterocycles. The van der Waals surface area contributed by atoms with Crippen LogP contribution >= 0.6 is 11.3 Å². The molecule has 0 aliphatic carbocycles. The minimum Gasteiger partial charge on any atom is -0.397 e. The van der Waals surface area contributed by atoms with Gasteiger partial charge in [-0.05, 0) is 54.8 Å². The Bertz CT molecular complexity index is 820. The fourth-order valence-corrected chi connectivity index (χ4v) is 5.12. The van der Waals surface area contributed by atoms with Gasteiger partial charge in [-0.25, -0.2) is 0 Å². The fourth-order valence-electron chi connectivity index (χ4n) is 4.40. The number of nitrogens with two attached hydrogens (primary N) is 1. The zero-order valence-electron chi connectivity index (χ0n) is 14.8. The number of nitrogens with one attached hydrogen (secondary N) is 1. The smallest absolute Gasteiger partial charge is 0.227 e. The molecule has 26 heavy (non-hydrogen) atoms. The summed E-state index contributed by atoms with van der Waals surface area (Å²) >= 11 is 1.66. The number of hydrogen-bond acceptors (Lipinski definition) is 4. The molecule has 1 aromatic heterocycles. The third-order valence-corrected chi connectivity index (χ3v) is 6.50. The molecule has 3 heterocycles. The van der Waals surface area contributed by atoms with E-state index in [-0.39, 0.29) is 29.8 Å². The van der Waals surface area contributed by atoms with Crippen LogP contribution in [-0.4, -0.2) is 28.8 Å². The van der Waals surface area contributed by atoms with Crippen LogP contribution in [0.25, 0.3) is 10.4 Å². The van der Waals surface area contributed by atoms with E-state index in [9.17, 15) is 9.59 Å². The van der Waals surface area contributed by atoms with Gasteiger partial charge in [0.1, 0.15) is 0 Å². The molecule has 1 aromatic carbocycles. The number of amides is 2. The first kappa shape index (κ1) is 17.1. The molecule has 5 nitrogen and oxygen atoms in total. The predicted octanol–water partition coefficient (Wildman–Crippen LogP) is 3.73. The van der Waals surface area contributed by atoms with Crippen molar-refractivity contribution in [2.45, 2.75) is 44.7 Å². The molecule has 6 heteroatoms. The summed E-state index contributed by atoms with van der Waals surface area (Å²) < 4.78 is 0. The van der Waals surface area contributed by atoms with E-state index in [2.05, 4.69) is 11.4 Å². The monoisotopic (exact) mass is 369 g/mol. The Morgan fingerprint density at radius 3 is 2.54 bits per heavy atom. The Hall–Kier alpha value is -2.34. The first-order valence-corrected chi connectivity index (χ1v) is 9.94. The highest BCUT2D eigenvalue weighted by Gasteiger charge is 2.44. The molecule has 2 aliphatic heterocycles. The molecule has 0 spiro atoms. The number of piperidine rings is 1. The summed E-state index contributed by atoms with van der Waals surface area (Å²) in [5.41, 5.74) is 8.38. The van der Waals surface area contributed by atoms with Crippen molar-refractivity contribution in [2.75, 3.05) is 11.1 Å². The van der Waals surface area contributed by atoms with Gasteiger partial charge in [0.25, 0.3) is 0 Å². The summed E-state index contributed by atoms with van der Waals surface area (Å²) in [7, 11) is 0. The maximum absolute atomic E-state index is 12.8. The lowest BCUT2D eigenvalue weighted by Gasteiger charge is -2.37. The van der Waals surface area contributed by atoms with Gasteiger partial charge in [0, 0.05) is 29.8 Å². The predicted molar refractivity (Wildman–Crippen MR) is 105 cm³/mol. The zero-order valence-corrected chi connectivity index (χ0v) is 15.6. The molecule has 2 aliphatic rings. The van der Waals surface area contributed by atoms with Crippen molar-refractivity contribution in [3.63, 3.8) is 0 Å². The van der Waals surface area contributed by atoms with Crippen LogP contribution in [0.5, 0.6) is 0 Å². The lowest BCUT2D eigenvalue weighted by atomic mass is 9.89. The van der Waals surface area contributed by atoms with Gasteiger partial charge in [0.15, 0.2) is 0 Å². The number of fused-ring (bicyclic) bond motifs is 2. The van der Waals surface area contributed by atoms with Crippen LogP contribution in [0.3, 0.4) is 0 Å². The average molecular weight is 369 g/mol. The Morgan fingerprint density at radius 2 is 1.92 bits per heavy atom. The number of nitrogen functional groups attached to an aromatic ring is 1. The maximum atomic E-state index is 12.8. The topological polar surface area (TPSA) is 75.4 Å². The van der Waals surface area contributed by atoms with Gasteiger partial charge in [-0.2, -0.15) is 0 Å². The summed E-state index contributed by atoms with van der Waals surface area (Å²) in [6, 6.07) is 10.2. The summed E-state index contributed by atoms with van der Waals surface area (Å²) in [6.07, 6.45) is 3.49. The van der Waals surface area contributed by atoms with E-state index in [1.807, 2.05) is 34.5 Å². The van der Waals surface area contributed by atoms with E-state index in [1.54, 1.807) is 18.3 Å². The highest BCUT2D eigenvalue weighted by molar-refractivity contribution is 7.13. The van der Waals surface area contributed by atoms with Crippen LogP contribution in [0, 0.1) is 5.92 Å². The second kappa shape index (κ2) is 6.76. The van der Waals surface area contributed by atoms with Gasteiger partial charge >= 0.3 is 0 Å². The largest absolute Gasteiger partial charge is 0.397 e. The minimum atomic E-state index is -0.0621. The molecule has 4 rings (SSSR count). The Kier molecular flexibility index (Phi) is 4.44. The third-order valence-electron chi connectivity index (χ3n) is 5.58. The Balaban J connectivity index is 1.49. The molecule has 2 aromatic rings. The Morgan fingerprint density at radius 1 is 1.19 bits per heavy atom. The second-order valence-corrected chi connectivity index (χ2v) is 8.20. The van der Waals surface area contributed by atoms with Crippen molar-refractivity contribution in [3.8, 4) is 10.4 Å². The van der Waals surface area contributed by atoms with Crippen LogP contribution in [0.1, 0.15) is 32.6 Å². The van der Waals surface area contributed by atoms with E-state index in [0.717, 1.165) is 36.1 Å². The van der Waals surface area contributed by atoms with Gasteiger partial charge in [0.05, 0.1) is 11.4 Å². The fraction of sp³-hybridized carbons (Fsp3) is 0.400. The SMILES string of the molecule is CC(=O)N1C2CCC1CC(C(=O)Nc1cc(-c3cccs3)ccc1N)C2.